The molecule has 0 saturated carbocycles. The molecular formula is C15H22N4. The Balaban J connectivity index is 2.08. The van der Waals surface area contributed by atoms with E-state index in [1.807, 2.05) is 20.3 Å². The summed E-state index contributed by atoms with van der Waals surface area (Å²) >= 11 is 0. The summed E-state index contributed by atoms with van der Waals surface area (Å²) in [6.45, 7) is 4.31. The average molecular weight is 258 g/mol. The maximum Gasteiger partial charge on any atom is 0.0842 e. The molecule has 2 rings (SSSR count). The number of likely N-dealkylation sites (N-methyl/N-ethyl adjacent to an activating group) is 1. The number of benzene rings is 1. The third-order valence-electron chi connectivity index (χ3n) is 3.48. The van der Waals surface area contributed by atoms with Gasteiger partial charge in [0.1, 0.15) is 0 Å². The van der Waals surface area contributed by atoms with Gasteiger partial charge in [-0.1, -0.05) is 29.0 Å². The lowest BCUT2D eigenvalue weighted by atomic mass is 9.97. The highest BCUT2D eigenvalue weighted by Crippen LogP contribution is 2.14. The second-order valence-electron chi connectivity index (χ2n) is 5.21. The number of aryl methyl sites for hydroxylation is 3. The fraction of sp³-hybridized carbons (Fsp3) is 0.467. The van der Waals surface area contributed by atoms with E-state index in [0.717, 1.165) is 18.5 Å². The van der Waals surface area contributed by atoms with Crippen LogP contribution in [-0.2, 0) is 19.9 Å². The molecule has 1 aromatic carbocycles. The third-order valence-corrected chi connectivity index (χ3v) is 3.48. The molecule has 0 radical (unpaired) electrons. The standard InChI is InChI=1S/C15H22N4/c1-11-5-6-12(2)13(7-11)8-14(16-3)9-15-10-19(4)18-17-15/h5-7,10,14,16H,8-9H2,1-4H3. The van der Waals surface area contributed by atoms with Crippen LogP contribution in [0, 0.1) is 13.8 Å². The molecule has 1 aromatic heterocycles. The Morgan fingerprint density at radius 2 is 2.05 bits per heavy atom. The highest BCUT2D eigenvalue weighted by Gasteiger charge is 2.12. The molecule has 0 aliphatic rings. The first-order valence-corrected chi connectivity index (χ1v) is 6.67. The zero-order chi connectivity index (χ0) is 13.8. The van der Waals surface area contributed by atoms with Gasteiger partial charge in [-0.05, 0) is 38.4 Å². The molecule has 0 aliphatic carbocycles. The molecule has 0 amide bonds. The van der Waals surface area contributed by atoms with Gasteiger partial charge in [0.2, 0.25) is 0 Å². The lowest BCUT2D eigenvalue weighted by molar-refractivity contribution is 0.548. The highest BCUT2D eigenvalue weighted by molar-refractivity contribution is 5.31. The van der Waals surface area contributed by atoms with E-state index in [-0.39, 0.29) is 0 Å². The van der Waals surface area contributed by atoms with Crippen molar-refractivity contribution >= 4 is 0 Å². The average Bonchev–Trinajstić information content (AvgIpc) is 2.78. The van der Waals surface area contributed by atoms with Gasteiger partial charge in [0, 0.05) is 25.7 Å². The predicted octanol–water partition coefficient (Wildman–Crippen LogP) is 1.81. The van der Waals surface area contributed by atoms with Crippen molar-refractivity contribution in [3.05, 3.63) is 46.8 Å². The van der Waals surface area contributed by atoms with Crippen molar-refractivity contribution in [3.63, 3.8) is 0 Å². The van der Waals surface area contributed by atoms with E-state index < -0.39 is 0 Å². The van der Waals surface area contributed by atoms with Crippen LogP contribution >= 0.6 is 0 Å². The number of hydrogen-bond acceptors (Lipinski definition) is 3. The van der Waals surface area contributed by atoms with Crippen LogP contribution in [0.3, 0.4) is 0 Å². The molecule has 1 unspecified atom stereocenters. The van der Waals surface area contributed by atoms with Gasteiger partial charge < -0.3 is 5.32 Å². The Hall–Kier alpha value is -1.68. The quantitative estimate of drug-likeness (QED) is 0.889. The van der Waals surface area contributed by atoms with E-state index in [0.29, 0.717) is 6.04 Å². The highest BCUT2D eigenvalue weighted by atomic mass is 15.4. The fourth-order valence-electron chi connectivity index (χ4n) is 2.30. The summed E-state index contributed by atoms with van der Waals surface area (Å²) in [6.07, 6.45) is 3.89. The SMILES string of the molecule is CNC(Cc1cn(C)nn1)Cc1cc(C)ccc1C. The summed E-state index contributed by atoms with van der Waals surface area (Å²) in [6, 6.07) is 7.02. The van der Waals surface area contributed by atoms with Crippen LogP contribution in [0.15, 0.2) is 24.4 Å². The van der Waals surface area contributed by atoms with Gasteiger partial charge in [0.15, 0.2) is 0 Å². The Morgan fingerprint density at radius 3 is 2.68 bits per heavy atom. The normalized spacial score (nSPS) is 12.6. The summed E-state index contributed by atoms with van der Waals surface area (Å²) < 4.78 is 1.75. The second kappa shape index (κ2) is 5.97. The van der Waals surface area contributed by atoms with Crippen molar-refractivity contribution in [2.45, 2.75) is 32.7 Å². The largest absolute Gasteiger partial charge is 0.316 e. The first-order chi connectivity index (χ1) is 9.08. The topological polar surface area (TPSA) is 42.7 Å². The predicted molar refractivity (Wildman–Crippen MR) is 77.2 cm³/mol. The fourth-order valence-corrected chi connectivity index (χ4v) is 2.30. The molecular weight excluding hydrogens is 236 g/mol. The summed E-state index contributed by atoms with van der Waals surface area (Å²) in [5, 5.41) is 11.5. The van der Waals surface area contributed by atoms with Crippen molar-refractivity contribution in [1.82, 2.24) is 20.3 Å². The molecule has 0 saturated heterocycles. The second-order valence-corrected chi connectivity index (χ2v) is 5.21. The summed E-state index contributed by atoms with van der Waals surface area (Å²) in [5.74, 6) is 0. The van der Waals surface area contributed by atoms with E-state index in [1.54, 1.807) is 4.68 Å². The zero-order valence-corrected chi connectivity index (χ0v) is 12.1. The molecule has 0 aliphatic heterocycles. The van der Waals surface area contributed by atoms with E-state index >= 15 is 0 Å². The van der Waals surface area contributed by atoms with Crippen molar-refractivity contribution in [3.8, 4) is 0 Å². The monoisotopic (exact) mass is 258 g/mol. The van der Waals surface area contributed by atoms with Gasteiger partial charge in [-0.15, -0.1) is 5.10 Å². The summed E-state index contributed by atoms with van der Waals surface area (Å²) in [5.41, 5.74) is 5.11. The lowest BCUT2D eigenvalue weighted by Gasteiger charge is -2.16. The van der Waals surface area contributed by atoms with Crippen LogP contribution in [0.5, 0.6) is 0 Å². The van der Waals surface area contributed by atoms with E-state index in [4.69, 9.17) is 0 Å². The third kappa shape index (κ3) is 3.64. The lowest BCUT2D eigenvalue weighted by Crippen LogP contribution is -2.30. The molecule has 0 bridgehead atoms. The Bertz CT molecular complexity index is 545. The number of hydrogen-bond donors (Lipinski definition) is 1. The molecule has 4 nitrogen and oxygen atoms in total. The molecule has 1 heterocycles. The first-order valence-electron chi connectivity index (χ1n) is 6.67. The smallest absolute Gasteiger partial charge is 0.0842 e. The summed E-state index contributed by atoms with van der Waals surface area (Å²) in [7, 11) is 3.90. The first kappa shape index (κ1) is 13.7. The molecule has 102 valence electrons. The van der Waals surface area contributed by atoms with Crippen molar-refractivity contribution in [1.29, 1.82) is 0 Å². The van der Waals surface area contributed by atoms with E-state index in [2.05, 4.69) is 47.7 Å². The maximum absolute atomic E-state index is 4.16. The van der Waals surface area contributed by atoms with Crippen LogP contribution in [0.25, 0.3) is 0 Å². The van der Waals surface area contributed by atoms with Crippen molar-refractivity contribution in [2.24, 2.45) is 7.05 Å². The van der Waals surface area contributed by atoms with Crippen LogP contribution in [0.2, 0.25) is 0 Å². The Labute approximate surface area is 114 Å². The summed E-state index contributed by atoms with van der Waals surface area (Å²) in [4.78, 5) is 0. The minimum Gasteiger partial charge on any atom is -0.316 e. The molecule has 1 N–H and O–H groups in total. The molecule has 0 fully saturated rings. The number of rotatable bonds is 5. The number of nitrogens with zero attached hydrogens (tertiary/aromatic N) is 3. The Kier molecular flexibility index (Phi) is 4.32. The molecule has 4 heteroatoms. The van der Waals surface area contributed by atoms with E-state index in [9.17, 15) is 0 Å². The van der Waals surface area contributed by atoms with Crippen LogP contribution in [-0.4, -0.2) is 28.1 Å². The van der Waals surface area contributed by atoms with Gasteiger partial charge in [0.25, 0.3) is 0 Å². The molecule has 19 heavy (non-hydrogen) atoms. The van der Waals surface area contributed by atoms with Gasteiger partial charge in [-0.3, -0.25) is 4.68 Å². The number of aromatic nitrogens is 3. The van der Waals surface area contributed by atoms with Crippen LogP contribution in [0.4, 0.5) is 0 Å². The molecule has 1 atom stereocenters. The van der Waals surface area contributed by atoms with Gasteiger partial charge in [0.05, 0.1) is 5.69 Å². The van der Waals surface area contributed by atoms with Crippen LogP contribution in [0.1, 0.15) is 22.4 Å². The maximum atomic E-state index is 4.16. The number of nitrogens with one attached hydrogen (secondary N) is 1. The molecule has 2 aromatic rings. The van der Waals surface area contributed by atoms with Gasteiger partial charge in [-0.25, -0.2) is 0 Å². The van der Waals surface area contributed by atoms with Crippen LogP contribution < -0.4 is 5.32 Å². The van der Waals surface area contributed by atoms with Crippen molar-refractivity contribution in [2.75, 3.05) is 7.05 Å². The Morgan fingerprint density at radius 1 is 1.26 bits per heavy atom. The minimum absolute atomic E-state index is 0.386. The zero-order valence-electron chi connectivity index (χ0n) is 12.1. The van der Waals surface area contributed by atoms with E-state index in [1.165, 1.54) is 16.7 Å². The van der Waals surface area contributed by atoms with Gasteiger partial charge >= 0.3 is 0 Å². The molecule has 0 spiro atoms. The minimum atomic E-state index is 0.386. The van der Waals surface area contributed by atoms with Crippen molar-refractivity contribution < 1.29 is 0 Å². The van der Waals surface area contributed by atoms with Gasteiger partial charge in [-0.2, -0.15) is 0 Å².